The van der Waals surface area contributed by atoms with Gasteiger partial charge in [-0.2, -0.15) is 10.1 Å². The number of hydrazone groups is 1. The van der Waals surface area contributed by atoms with E-state index in [4.69, 9.17) is 4.74 Å². The van der Waals surface area contributed by atoms with Gasteiger partial charge in [0.05, 0.1) is 6.04 Å². The maximum Gasteiger partial charge on any atom is 0.430 e. The maximum absolute atomic E-state index is 11.6. The molecule has 4 heteroatoms. The van der Waals surface area contributed by atoms with Crippen LogP contribution in [0.25, 0.3) is 0 Å². The van der Waals surface area contributed by atoms with E-state index in [0.29, 0.717) is 18.4 Å². The van der Waals surface area contributed by atoms with Gasteiger partial charge in [0.25, 0.3) is 0 Å². The SMILES string of the molecule is CC(C)[C@H]1COC(=O)N1/N=C/C1CCCCC1. The quantitative estimate of drug-likeness (QED) is 0.709. The molecule has 0 bridgehead atoms. The number of hydrogen-bond donors (Lipinski definition) is 0. The Morgan fingerprint density at radius 3 is 2.71 bits per heavy atom. The molecule has 0 aromatic heterocycles. The third-order valence-electron chi connectivity index (χ3n) is 3.70. The monoisotopic (exact) mass is 238 g/mol. The molecule has 0 spiro atoms. The largest absolute Gasteiger partial charge is 0.446 e. The van der Waals surface area contributed by atoms with Crippen LogP contribution in [-0.2, 0) is 4.74 Å². The summed E-state index contributed by atoms with van der Waals surface area (Å²) >= 11 is 0. The van der Waals surface area contributed by atoms with Crippen LogP contribution in [0.4, 0.5) is 4.79 Å². The Balaban J connectivity index is 1.95. The summed E-state index contributed by atoms with van der Waals surface area (Å²) < 4.78 is 5.05. The van der Waals surface area contributed by atoms with E-state index in [1.807, 2.05) is 6.21 Å². The average Bonchev–Trinajstić information content (AvgIpc) is 2.69. The lowest BCUT2D eigenvalue weighted by atomic mass is 9.90. The van der Waals surface area contributed by atoms with Gasteiger partial charge in [0, 0.05) is 6.21 Å². The second-order valence-corrected chi connectivity index (χ2v) is 5.40. The third kappa shape index (κ3) is 2.99. The molecule has 2 fully saturated rings. The van der Waals surface area contributed by atoms with Gasteiger partial charge < -0.3 is 4.74 Å². The molecule has 1 aliphatic carbocycles. The highest BCUT2D eigenvalue weighted by Crippen LogP contribution is 2.24. The van der Waals surface area contributed by atoms with Crippen LogP contribution >= 0.6 is 0 Å². The highest BCUT2D eigenvalue weighted by molar-refractivity contribution is 5.72. The number of carbonyl (C=O) groups is 1. The van der Waals surface area contributed by atoms with Crippen molar-refractivity contribution in [2.75, 3.05) is 6.61 Å². The van der Waals surface area contributed by atoms with Gasteiger partial charge in [-0.3, -0.25) is 0 Å². The van der Waals surface area contributed by atoms with E-state index in [0.717, 1.165) is 0 Å². The van der Waals surface area contributed by atoms with Crippen LogP contribution in [-0.4, -0.2) is 30.0 Å². The van der Waals surface area contributed by atoms with Gasteiger partial charge in [0.2, 0.25) is 0 Å². The molecule has 1 saturated carbocycles. The standard InChI is InChI=1S/C13H22N2O2/c1-10(2)12-9-17-13(16)15(12)14-8-11-6-4-3-5-7-11/h8,10-12H,3-7,9H2,1-2H3/b14-8+/t12-/m1/s1. The van der Waals surface area contributed by atoms with E-state index in [1.54, 1.807) is 0 Å². The summed E-state index contributed by atoms with van der Waals surface area (Å²) in [6, 6.07) is 0.0994. The zero-order valence-corrected chi connectivity index (χ0v) is 10.8. The van der Waals surface area contributed by atoms with E-state index in [2.05, 4.69) is 18.9 Å². The number of rotatable bonds is 3. The predicted octanol–water partition coefficient (Wildman–Crippen LogP) is 3.03. The van der Waals surface area contributed by atoms with Crippen LogP contribution in [0.5, 0.6) is 0 Å². The Morgan fingerprint density at radius 2 is 2.06 bits per heavy atom. The highest BCUT2D eigenvalue weighted by Gasteiger charge is 2.35. The zero-order chi connectivity index (χ0) is 12.3. The summed E-state index contributed by atoms with van der Waals surface area (Å²) in [5.41, 5.74) is 0. The highest BCUT2D eigenvalue weighted by atomic mass is 16.6. The van der Waals surface area contributed by atoms with Gasteiger partial charge in [-0.05, 0) is 24.7 Å². The summed E-state index contributed by atoms with van der Waals surface area (Å²) in [6.45, 7) is 4.66. The van der Waals surface area contributed by atoms with Crippen molar-refractivity contribution in [2.45, 2.75) is 52.0 Å². The first kappa shape index (κ1) is 12.4. The molecule has 0 aromatic rings. The van der Waals surface area contributed by atoms with Crippen molar-refractivity contribution in [2.24, 2.45) is 16.9 Å². The zero-order valence-electron chi connectivity index (χ0n) is 10.8. The first-order valence-electron chi connectivity index (χ1n) is 6.68. The van der Waals surface area contributed by atoms with E-state index >= 15 is 0 Å². The molecule has 1 aliphatic heterocycles. The molecule has 1 saturated heterocycles. The number of carbonyl (C=O) groups excluding carboxylic acids is 1. The molecule has 4 nitrogen and oxygen atoms in total. The van der Waals surface area contributed by atoms with Crippen molar-refractivity contribution < 1.29 is 9.53 Å². The first-order valence-corrected chi connectivity index (χ1v) is 6.68. The van der Waals surface area contributed by atoms with Crippen LogP contribution in [0, 0.1) is 11.8 Å². The van der Waals surface area contributed by atoms with Crippen molar-refractivity contribution in [3.05, 3.63) is 0 Å². The topological polar surface area (TPSA) is 41.9 Å². The molecular formula is C13H22N2O2. The summed E-state index contributed by atoms with van der Waals surface area (Å²) in [5, 5.41) is 5.89. The molecule has 17 heavy (non-hydrogen) atoms. The molecule has 96 valence electrons. The van der Waals surface area contributed by atoms with Gasteiger partial charge in [-0.1, -0.05) is 33.1 Å². The van der Waals surface area contributed by atoms with Crippen molar-refractivity contribution >= 4 is 12.3 Å². The van der Waals surface area contributed by atoms with E-state index in [-0.39, 0.29) is 12.1 Å². The summed E-state index contributed by atoms with van der Waals surface area (Å²) in [4.78, 5) is 11.6. The van der Waals surface area contributed by atoms with Crippen molar-refractivity contribution in [1.29, 1.82) is 0 Å². The number of amides is 1. The maximum atomic E-state index is 11.6. The molecule has 0 unspecified atom stereocenters. The minimum absolute atomic E-state index is 0.0994. The fourth-order valence-electron chi connectivity index (χ4n) is 2.49. The molecule has 1 heterocycles. The minimum atomic E-state index is -0.296. The van der Waals surface area contributed by atoms with Crippen LogP contribution < -0.4 is 0 Å². The molecule has 1 atom stereocenters. The smallest absolute Gasteiger partial charge is 0.430 e. The molecular weight excluding hydrogens is 216 g/mol. The number of hydrogen-bond acceptors (Lipinski definition) is 3. The van der Waals surface area contributed by atoms with Gasteiger partial charge in [0.15, 0.2) is 0 Å². The van der Waals surface area contributed by atoms with Crippen molar-refractivity contribution in [3.8, 4) is 0 Å². The van der Waals surface area contributed by atoms with Crippen molar-refractivity contribution in [3.63, 3.8) is 0 Å². The Bertz CT molecular complexity index is 296. The van der Waals surface area contributed by atoms with Crippen LogP contribution in [0.2, 0.25) is 0 Å². The van der Waals surface area contributed by atoms with Crippen LogP contribution in [0.15, 0.2) is 5.10 Å². The van der Waals surface area contributed by atoms with Crippen LogP contribution in [0.3, 0.4) is 0 Å². The molecule has 2 aliphatic rings. The fourth-order valence-corrected chi connectivity index (χ4v) is 2.49. The lowest BCUT2D eigenvalue weighted by Crippen LogP contribution is -2.33. The fraction of sp³-hybridized carbons (Fsp3) is 0.846. The molecule has 0 N–H and O–H groups in total. The lowest BCUT2D eigenvalue weighted by Gasteiger charge is -2.21. The van der Waals surface area contributed by atoms with Crippen molar-refractivity contribution in [1.82, 2.24) is 5.01 Å². The Morgan fingerprint density at radius 1 is 1.35 bits per heavy atom. The van der Waals surface area contributed by atoms with Gasteiger partial charge in [-0.15, -0.1) is 0 Å². The van der Waals surface area contributed by atoms with E-state index in [1.165, 1.54) is 37.1 Å². The average molecular weight is 238 g/mol. The molecule has 0 radical (unpaired) electrons. The van der Waals surface area contributed by atoms with Gasteiger partial charge in [-0.25, -0.2) is 4.79 Å². The second kappa shape index (κ2) is 5.52. The van der Waals surface area contributed by atoms with Crippen LogP contribution in [0.1, 0.15) is 46.0 Å². The lowest BCUT2D eigenvalue weighted by molar-refractivity contribution is 0.158. The Kier molecular flexibility index (Phi) is 4.02. The van der Waals surface area contributed by atoms with E-state index in [9.17, 15) is 4.79 Å². The van der Waals surface area contributed by atoms with Gasteiger partial charge in [0.1, 0.15) is 6.61 Å². The van der Waals surface area contributed by atoms with E-state index < -0.39 is 0 Å². The molecule has 1 amide bonds. The number of nitrogens with zero attached hydrogens (tertiary/aromatic N) is 2. The normalized spacial score (nSPS) is 27.1. The molecule has 0 aromatic carbocycles. The predicted molar refractivity (Wildman–Crippen MR) is 66.9 cm³/mol. The Labute approximate surface area is 103 Å². The Hall–Kier alpha value is -1.06. The third-order valence-corrected chi connectivity index (χ3v) is 3.70. The first-order chi connectivity index (χ1) is 8.18. The number of cyclic esters (lactones) is 1. The summed E-state index contributed by atoms with van der Waals surface area (Å²) in [6.07, 6.45) is 7.99. The molecule has 2 rings (SSSR count). The second-order valence-electron chi connectivity index (χ2n) is 5.40. The summed E-state index contributed by atoms with van der Waals surface area (Å²) in [7, 11) is 0. The van der Waals surface area contributed by atoms with Gasteiger partial charge >= 0.3 is 6.09 Å². The minimum Gasteiger partial charge on any atom is -0.446 e. The summed E-state index contributed by atoms with van der Waals surface area (Å²) in [5.74, 6) is 0.926. The number of ether oxygens (including phenoxy) is 1.